The fourth-order valence-electron chi connectivity index (χ4n) is 1.70. The van der Waals surface area contributed by atoms with Gasteiger partial charge in [-0.1, -0.05) is 41.9 Å². The molecule has 104 valence electrons. The van der Waals surface area contributed by atoms with E-state index in [9.17, 15) is 4.79 Å². The van der Waals surface area contributed by atoms with E-state index >= 15 is 0 Å². The van der Waals surface area contributed by atoms with Crippen LogP contribution in [-0.2, 0) is 9.53 Å². The van der Waals surface area contributed by atoms with Gasteiger partial charge in [0.25, 0.3) is 0 Å². The van der Waals surface area contributed by atoms with Crippen molar-refractivity contribution < 1.29 is 9.53 Å². The molecule has 0 radical (unpaired) electrons. The van der Waals surface area contributed by atoms with E-state index in [1.165, 1.54) is 13.3 Å². The highest BCUT2D eigenvalue weighted by Crippen LogP contribution is 2.27. The molecule has 1 unspecified atom stereocenters. The molecule has 6 heteroatoms. The number of ether oxygens (including phenoxy) is 1. The molecule has 0 saturated carbocycles. The van der Waals surface area contributed by atoms with Crippen LogP contribution in [0.4, 0.5) is 5.82 Å². The first-order valence-electron chi connectivity index (χ1n) is 5.82. The summed E-state index contributed by atoms with van der Waals surface area (Å²) in [6.45, 7) is 0. The number of nitrogens with zero attached hydrogens (tertiary/aromatic N) is 1. The Morgan fingerprint density at radius 1 is 1.40 bits per heavy atom. The fraction of sp³-hybridized carbons (Fsp3) is 0.143. The molecule has 0 aliphatic rings. The number of carbonyl (C=O) groups excluding carboxylic acids is 1. The summed E-state index contributed by atoms with van der Waals surface area (Å²) in [5.41, 5.74) is 0.794. The number of hydrogen-bond acceptors (Lipinski definition) is 4. The van der Waals surface area contributed by atoms with Gasteiger partial charge in [0.15, 0.2) is 6.04 Å². The number of nitrogens with one attached hydrogen (secondary N) is 1. The van der Waals surface area contributed by atoms with Gasteiger partial charge in [0.05, 0.1) is 16.6 Å². The molecular formula is C14H12BrClN2O2. The van der Waals surface area contributed by atoms with Crippen molar-refractivity contribution in [2.24, 2.45) is 0 Å². The number of hydrogen-bond donors (Lipinski definition) is 1. The monoisotopic (exact) mass is 354 g/mol. The Balaban J connectivity index is 2.31. The number of benzene rings is 1. The van der Waals surface area contributed by atoms with Crippen LogP contribution >= 0.6 is 27.5 Å². The van der Waals surface area contributed by atoms with E-state index in [1.807, 2.05) is 30.3 Å². The van der Waals surface area contributed by atoms with Crippen LogP contribution in [0.1, 0.15) is 11.6 Å². The predicted octanol–water partition coefficient (Wildman–Crippen LogP) is 3.82. The molecule has 0 aliphatic heterocycles. The molecule has 1 N–H and O–H groups in total. The molecule has 0 bridgehead atoms. The molecule has 1 heterocycles. The lowest BCUT2D eigenvalue weighted by molar-refractivity contribution is -0.141. The maximum absolute atomic E-state index is 11.9. The quantitative estimate of drug-likeness (QED) is 0.847. The van der Waals surface area contributed by atoms with E-state index in [-0.39, 0.29) is 5.97 Å². The maximum atomic E-state index is 11.9. The van der Waals surface area contributed by atoms with E-state index < -0.39 is 6.04 Å². The van der Waals surface area contributed by atoms with Crippen molar-refractivity contribution in [2.75, 3.05) is 12.4 Å². The van der Waals surface area contributed by atoms with Crippen molar-refractivity contribution in [1.82, 2.24) is 4.98 Å². The van der Waals surface area contributed by atoms with Crippen LogP contribution in [0.15, 0.2) is 47.1 Å². The molecule has 2 aromatic rings. The number of aromatic nitrogens is 1. The van der Waals surface area contributed by atoms with Crippen LogP contribution in [-0.4, -0.2) is 18.1 Å². The van der Waals surface area contributed by atoms with Gasteiger partial charge in [-0.15, -0.1) is 0 Å². The topological polar surface area (TPSA) is 51.2 Å². The average Bonchev–Trinajstić information content (AvgIpc) is 2.46. The highest BCUT2D eigenvalue weighted by atomic mass is 79.9. The Morgan fingerprint density at radius 2 is 2.10 bits per heavy atom. The zero-order valence-corrected chi connectivity index (χ0v) is 13.0. The van der Waals surface area contributed by atoms with Crippen molar-refractivity contribution in [3.05, 3.63) is 57.7 Å². The van der Waals surface area contributed by atoms with Crippen molar-refractivity contribution in [3.8, 4) is 0 Å². The van der Waals surface area contributed by atoms with E-state index in [0.717, 1.165) is 5.56 Å². The van der Waals surface area contributed by atoms with Crippen molar-refractivity contribution in [1.29, 1.82) is 0 Å². The van der Waals surface area contributed by atoms with Gasteiger partial charge in [0.1, 0.15) is 5.82 Å². The number of rotatable bonds is 4. The average molecular weight is 356 g/mol. The van der Waals surface area contributed by atoms with Crippen molar-refractivity contribution in [2.45, 2.75) is 6.04 Å². The second kappa shape index (κ2) is 6.72. The molecular weight excluding hydrogens is 344 g/mol. The number of esters is 1. The van der Waals surface area contributed by atoms with Crippen LogP contribution in [0.5, 0.6) is 0 Å². The third-order valence-electron chi connectivity index (χ3n) is 2.66. The molecule has 2 rings (SSSR count). The van der Waals surface area contributed by atoms with Crippen LogP contribution in [0.25, 0.3) is 0 Å². The Morgan fingerprint density at radius 3 is 2.70 bits per heavy atom. The SMILES string of the molecule is COC(=O)C(Nc1ncc(Cl)cc1Br)c1ccccc1. The van der Waals surface area contributed by atoms with Gasteiger partial charge >= 0.3 is 5.97 Å². The Hall–Kier alpha value is -1.59. The first kappa shape index (κ1) is 14.8. The normalized spacial score (nSPS) is 11.8. The van der Waals surface area contributed by atoms with Gasteiger partial charge in [-0.2, -0.15) is 0 Å². The van der Waals surface area contributed by atoms with Gasteiger partial charge < -0.3 is 10.1 Å². The molecule has 1 aromatic carbocycles. The minimum atomic E-state index is -0.633. The van der Waals surface area contributed by atoms with Crippen LogP contribution in [0.2, 0.25) is 5.02 Å². The van der Waals surface area contributed by atoms with E-state index in [0.29, 0.717) is 15.3 Å². The van der Waals surface area contributed by atoms with Crippen LogP contribution < -0.4 is 5.32 Å². The summed E-state index contributed by atoms with van der Waals surface area (Å²) in [6, 6.07) is 10.4. The Labute approximate surface area is 130 Å². The molecule has 0 amide bonds. The fourth-order valence-corrected chi connectivity index (χ4v) is 2.45. The first-order valence-corrected chi connectivity index (χ1v) is 6.99. The largest absolute Gasteiger partial charge is 0.467 e. The van der Waals surface area contributed by atoms with E-state index in [2.05, 4.69) is 26.2 Å². The van der Waals surface area contributed by atoms with Gasteiger partial charge in [-0.3, -0.25) is 0 Å². The molecule has 20 heavy (non-hydrogen) atoms. The number of halogens is 2. The molecule has 1 aromatic heterocycles. The summed E-state index contributed by atoms with van der Waals surface area (Å²) in [6.07, 6.45) is 1.51. The summed E-state index contributed by atoms with van der Waals surface area (Å²) >= 11 is 9.21. The molecule has 0 fully saturated rings. The molecule has 0 aliphatic carbocycles. The number of methoxy groups -OCH3 is 1. The maximum Gasteiger partial charge on any atom is 0.333 e. The van der Waals surface area contributed by atoms with Crippen LogP contribution in [0, 0.1) is 0 Å². The lowest BCUT2D eigenvalue weighted by Crippen LogP contribution is -2.23. The number of pyridine rings is 1. The lowest BCUT2D eigenvalue weighted by Gasteiger charge is -2.18. The zero-order chi connectivity index (χ0) is 14.5. The third kappa shape index (κ3) is 3.49. The van der Waals surface area contributed by atoms with Crippen LogP contribution in [0.3, 0.4) is 0 Å². The van der Waals surface area contributed by atoms with Gasteiger partial charge in [-0.05, 0) is 27.6 Å². The van der Waals surface area contributed by atoms with Gasteiger partial charge in [0.2, 0.25) is 0 Å². The zero-order valence-electron chi connectivity index (χ0n) is 10.6. The predicted molar refractivity (Wildman–Crippen MR) is 81.8 cm³/mol. The second-order valence-corrected chi connectivity index (χ2v) is 5.29. The number of anilines is 1. The van der Waals surface area contributed by atoms with Crippen molar-refractivity contribution >= 4 is 39.3 Å². The molecule has 1 atom stereocenters. The lowest BCUT2D eigenvalue weighted by atomic mass is 10.1. The molecule has 0 saturated heterocycles. The standard InChI is InChI=1S/C14H12BrClN2O2/c1-20-14(19)12(9-5-3-2-4-6-9)18-13-11(15)7-10(16)8-17-13/h2-8,12H,1H3,(H,17,18). The number of carbonyl (C=O) groups is 1. The Kier molecular flexibility index (Phi) is 4.98. The summed E-state index contributed by atoms with van der Waals surface area (Å²) in [4.78, 5) is 16.1. The van der Waals surface area contributed by atoms with Gasteiger partial charge in [0, 0.05) is 6.20 Å². The summed E-state index contributed by atoms with van der Waals surface area (Å²) in [5.74, 6) is 0.133. The minimum Gasteiger partial charge on any atom is -0.467 e. The third-order valence-corrected chi connectivity index (χ3v) is 3.47. The Bertz CT molecular complexity index is 607. The van der Waals surface area contributed by atoms with Gasteiger partial charge in [-0.25, -0.2) is 9.78 Å². The van der Waals surface area contributed by atoms with Crippen molar-refractivity contribution in [3.63, 3.8) is 0 Å². The summed E-state index contributed by atoms with van der Waals surface area (Å²) in [5, 5.41) is 3.56. The highest BCUT2D eigenvalue weighted by Gasteiger charge is 2.22. The summed E-state index contributed by atoms with van der Waals surface area (Å²) in [7, 11) is 1.35. The van der Waals surface area contributed by atoms with E-state index in [1.54, 1.807) is 6.07 Å². The minimum absolute atomic E-state index is 0.389. The smallest absolute Gasteiger partial charge is 0.333 e. The second-order valence-electron chi connectivity index (χ2n) is 4.00. The summed E-state index contributed by atoms with van der Waals surface area (Å²) < 4.78 is 5.51. The molecule has 4 nitrogen and oxygen atoms in total. The molecule has 0 spiro atoms. The van der Waals surface area contributed by atoms with E-state index in [4.69, 9.17) is 16.3 Å². The first-order chi connectivity index (χ1) is 9.61. The highest BCUT2D eigenvalue weighted by molar-refractivity contribution is 9.10.